The molecule has 1 nitrogen and oxygen atoms in total. The van der Waals surface area contributed by atoms with Gasteiger partial charge >= 0.3 is 23.4 Å². The highest BCUT2D eigenvalue weighted by Gasteiger charge is 2.82. The third-order valence-electron chi connectivity index (χ3n) is 2.96. The largest absolute Gasteiger partial charge is 0.358 e. The first-order valence-electron chi connectivity index (χ1n) is 6.13. The fourth-order valence-corrected chi connectivity index (χ4v) is 137. The summed E-state index contributed by atoms with van der Waals surface area (Å²) in [6, 6.07) is -0.100. The van der Waals surface area contributed by atoms with Gasteiger partial charge in [0.1, 0.15) is 0 Å². The summed E-state index contributed by atoms with van der Waals surface area (Å²) < 4.78 is 1.83. The molecule has 0 rings (SSSR count). The molecule has 0 aromatic rings. The van der Waals surface area contributed by atoms with E-state index in [2.05, 4.69) is 0 Å². The molecule has 0 aliphatic rings. The van der Waals surface area contributed by atoms with E-state index >= 15 is 0 Å². The number of halogens is 11. The van der Waals surface area contributed by atoms with Gasteiger partial charge < -0.3 is 0 Å². The number of hydrogen-bond donors (Lipinski definition) is 0. The van der Waals surface area contributed by atoms with E-state index in [1.165, 1.54) is 0 Å². The number of nitrogens with zero attached hydrogens (tertiary/aromatic N) is 1. The van der Waals surface area contributed by atoms with Crippen LogP contribution in [0, 0.1) is 0 Å². The molecule has 0 aliphatic carbocycles. The lowest BCUT2D eigenvalue weighted by Crippen LogP contribution is -2.80. The molecule has 17 heteroatoms. The summed E-state index contributed by atoms with van der Waals surface area (Å²) in [5, 5.41) is 0. The molecular formula is C6H14Cl11NSi5. The number of hydrogen-bond acceptors (Lipinski definition) is 1. The van der Waals surface area contributed by atoms with Crippen molar-refractivity contribution in [3.63, 3.8) is 0 Å². The molecular weight excluding hydrogens is 616 g/mol. The summed E-state index contributed by atoms with van der Waals surface area (Å²) in [7, 11) is 0. The van der Waals surface area contributed by atoms with Crippen LogP contribution < -0.4 is 0 Å². The minimum atomic E-state index is -3.88. The van der Waals surface area contributed by atoms with Gasteiger partial charge in [-0.2, -0.15) is 0 Å². The van der Waals surface area contributed by atoms with E-state index in [0.29, 0.717) is 0 Å². The van der Waals surface area contributed by atoms with Crippen LogP contribution in [0.25, 0.3) is 0 Å². The maximum absolute atomic E-state index is 6.71. The van der Waals surface area contributed by atoms with Gasteiger partial charge in [0.15, 0.2) is 0 Å². The zero-order valence-corrected chi connectivity index (χ0v) is 25.6. The Morgan fingerprint density at radius 2 is 0.826 bits per heavy atom. The van der Waals surface area contributed by atoms with E-state index in [1.807, 2.05) is 32.3 Å². The Hall–Kier alpha value is 4.23. The lowest BCUT2D eigenvalue weighted by Gasteiger charge is -2.48. The standard InChI is InChI=1S/C6H14Cl11NSi5/c1-5(2)18(6(3)4)20(10,11)22(14,15)23(16,17)21(12,13)19(7,8)9/h5-6H,1-4H3. The average Bonchev–Trinajstić information content (AvgIpc) is 2.24. The van der Waals surface area contributed by atoms with Gasteiger partial charge in [0.05, 0.1) is 0 Å². The maximum atomic E-state index is 6.71. The fraction of sp³-hybridized carbons (Fsp3) is 1.00. The molecule has 0 saturated heterocycles. The van der Waals surface area contributed by atoms with Crippen molar-refractivity contribution < 1.29 is 0 Å². The van der Waals surface area contributed by atoms with E-state index in [1.54, 1.807) is 0 Å². The highest BCUT2D eigenvalue weighted by molar-refractivity contribution is 8.35. The molecule has 0 heterocycles. The SMILES string of the molecule is CC(C)N(C(C)C)[Si](Cl)(Cl)[Si](Cl)(Cl)[Si](Cl)(Cl)[Si](Cl)(Cl)[Si](Cl)(Cl)Cl. The van der Waals surface area contributed by atoms with Gasteiger partial charge in [-0.25, -0.2) is 0 Å². The molecule has 0 fully saturated rings. The third kappa shape index (κ3) is 5.24. The normalized spacial score (nSPS) is 15.9. The van der Waals surface area contributed by atoms with E-state index < -0.39 is 29.1 Å². The highest BCUT2D eigenvalue weighted by atomic mass is 35.9. The second kappa shape index (κ2) is 8.94. The first kappa shape index (κ1) is 27.2. The van der Waals surface area contributed by atoms with E-state index in [9.17, 15) is 0 Å². The summed E-state index contributed by atoms with van der Waals surface area (Å²) in [6.45, 7) is 7.64. The quantitative estimate of drug-likeness (QED) is 0.212. The summed E-state index contributed by atoms with van der Waals surface area (Å²) >= 11 is 70.7. The Morgan fingerprint density at radius 1 is 0.522 bits per heavy atom. The summed E-state index contributed by atoms with van der Waals surface area (Å²) in [5.41, 5.74) is -15.1. The Morgan fingerprint density at radius 3 is 1.04 bits per heavy atom. The van der Waals surface area contributed by atoms with E-state index in [0.717, 1.165) is 0 Å². The molecule has 0 amide bonds. The molecule has 140 valence electrons. The van der Waals surface area contributed by atoms with Gasteiger partial charge in [0, 0.05) is 0 Å². The Bertz CT molecular complexity index is 414. The molecule has 0 N–H and O–H groups in total. The van der Waals surface area contributed by atoms with Gasteiger partial charge in [-0.1, -0.05) is 27.7 Å². The van der Waals surface area contributed by atoms with Crippen LogP contribution in [0.3, 0.4) is 0 Å². The topological polar surface area (TPSA) is 3.24 Å². The Kier molecular flexibility index (Phi) is 10.6. The van der Waals surface area contributed by atoms with Crippen molar-refractivity contribution in [1.29, 1.82) is 0 Å². The predicted octanol–water partition coefficient (Wildman–Crippen LogP) is 7.25. The molecule has 0 bridgehead atoms. The molecule has 0 saturated carbocycles. The van der Waals surface area contributed by atoms with Crippen molar-refractivity contribution in [3.05, 3.63) is 0 Å². The summed E-state index contributed by atoms with van der Waals surface area (Å²) in [5.74, 6) is 0. The van der Waals surface area contributed by atoms with E-state index in [4.69, 9.17) is 122 Å². The van der Waals surface area contributed by atoms with Crippen LogP contribution in [0.1, 0.15) is 27.7 Å². The van der Waals surface area contributed by atoms with Gasteiger partial charge in [-0.3, -0.25) is 4.57 Å². The zero-order chi connectivity index (χ0) is 19.2. The van der Waals surface area contributed by atoms with Gasteiger partial charge in [-0.15, -0.1) is 122 Å². The highest BCUT2D eigenvalue weighted by Crippen LogP contribution is 2.56. The smallest absolute Gasteiger partial charge is 0.296 e. The minimum Gasteiger partial charge on any atom is -0.296 e. The lowest BCUT2D eigenvalue weighted by molar-refractivity contribution is 0.311. The molecule has 0 spiro atoms. The van der Waals surface area contributed by atoms with Gasteiger partial charge in [-0.05, 0) is 12.1 Å². The van der Waals surface area contributed by atoms with E-state index in [-0.39, 0.29) is 12.1 Å². The van der Waals surface area contributed by atoms with Crippen molar-refractivity contribution in [3.8, 4) is 0 Å². The second-order valence-electron chi connectivity index (χ2n) is 5.36. The molecule has 0 radical (unpaired) electrons. The van der Waals surface area contributed by atoms with Gasteiger partial charge in [0.25, 0.3) is 5.73 Å². The third-order valence-corrected chi connectivity index (χ3v) is 121. The van der Waals surface area contributed by atoms with Crippen LogP contribution in [0.5, 0.6) is 0 Å². The molecule has 0 aromatic heterocycles. The summed E-state index contributed by atoms with van der Waals surface area (Å²) in [4.78, 5) is 0. The van der Waals surface area contributed by atoms with Crippen molar-refractivity contribution in [2.45, 2.75) is 39.8 Å². The van der Waals surface area contributed by atoms with Crippen LogP contribution in [0.4, 0.5) is 0 Å². The molecule has 23 heavy (non-hydrogen) atoms. The van der Waals surface area contributed by atoms with Crippen molar-refractivity contribution in [2.24, 2.45) is 0 Å². The number of rotatable bonds is 7. The maximum Gasteiger partial charge on any atom is 0.358 e. The van der Waals surface area contributed by atoms with Crippen LogP contribution >= 0.6 is 122 Å². The molecule has 0 atom stereocenters. The Labute approximate surface area is 193 Å². The minimum absolute atomic E-state index is 0.0501. The van der Waals surface area contributed by atoms with Crippen molar-refractivity contribution in [1.82, 2.24) is 4.57 Å². The summed E-state index contributed by atoms with van der Waals surface area (Å²) in [6.07, 6.45) is -3.55. The lowest BCUT2D eigenvalue weighted by atomic mass is 10.3. The molecule has 0 aliphatic heterocycles. The van der Waals surface area contributed by atoms with Crippen molar-refractivity contribution >= 4 is 151 Å². The Balaban J connectivity index is 6.23. The zero-order valence-electron chi connectivity index (χ0n) is 12.3. The first-order valence-corrected chi connectivity index (χ1v) is 31.2. The fourth-order valence-electron chi connectivity index (χ4n) is 1.97. The van der Waals surface area contributed by atoms with Crippen molar-refractivity contribution in [2.75, 3.05) is 0 Å². The molecule has 0 aromatic carbocycles. The first-order chi connectivity index (χ1) is 9.76. The van der Waals surface area contributed by atoms with Crippen LogP contribution in [-0.2, 0) is 0 Å². The van der Waals surface area contributed by atoms with Crippen LogP contribution in [0.2, 0.25) is 0 Å². The predicted molar refractivity (Wildman–Crippen MR) is 125 cm³/mol. The van der Waals surface area contributed by atoms with Crippen LogP contribution in [0.15, 0.2) is 0 Å². The average molecular weight is 631 g/mol. The monoisotopic (exact) mass is 625 g/mol. The molecule has 0 unspecified atom stereocenters. The van der Waals surface area contributed by atoms with Crippen LogP contribution in [-0.4, -0.2) is 45.7 Å². The van der Waals surface area contributed by atoms with Gasteiger partial charge in [0.2, 0.25) is 0 Å². The second-order valence-corrected chi connectivity index (χ2v) is 72.6.